The van der Waals surface area contributed by atoms with Gasteiger partial charge in [0.1, 0.15) is 5.65 Å². The van der Waals surface area contributed by atoms with Crippen LogP contribution in [0, 0.1) is 10.1 Å². The molecule has 0 N–H and O–H groups in total. The van der Waals surface area contributed by atoms with Crippen molar-refractivity contribution in [2.75, 3.05) is 26.2 Å². The molecule has 0 unspecified atom stereocenters. The maximum Gasteiger partial charge on any atom is 0.269 e. The van der Waals surface area contributed by atoms with E-state index >= 15 is 0 Å². The Balaban J connectivity index is 1.34. The van der Waals surface area contributed by atoms with Crippen LogP contribution in [0.1, 0.15) is 15.4 Å². The molecular weight excluding hydrogens is 534 g/mol. The summed E-state index contributed by atoms with van der Waals surface area (Å²) in [5.74, 6) is 0.0807. The number of pyridine rings is 1. The van der Waals surface area contributed by atoms with E-state index in [1.165, 1.54) is 23.5 Å². The van der Waals surface area contributed by atoms with Gasteiger partial charge in [0.15, 0.2) is 0 Å². The van der Waals surface area contributed by atoms with E-state index in [2.05, 4.69) is 15.5 Å². The minimum absolute atomic E-state index is 0.0406. The molecule has 1 aliphatic rings. The molecule has 1 saturated heterocycles. The van der Waals surface area contributed by atoms with Crippen LogP contribution in [0.2, 0.25) is 5.02 Å². The van der Waals surface area contributed by atoms with Crippen LogP contribution in [-0.4, -0.2) is 56.2 Å². The van der Waals surface area contributed by atoms with Gasteiger partial charge in [0, 0.05) is 61.6 Å². The number of thiophene rings is 1. The van der Waals surface area contributed by atoms with Crippen LogP contribution in [0.3, 0.4) is 0 Å². The molecule has 4 heterocycles. The average molecular weight is 558 g/mol. The first-order chi connectivity index (χ1) is 19.0. The van der Waals surface area contributed by atoms with Crippen molar-refractivity contribution in [3.63, 3.8) is 0 Å². The summed E-state index contributed by atoms with van der Waals surface area (Å²) in [6, 6.07) is 22.0. The topological polar surface area (TPSA) is 84.0 Å². The smallest absolute Gasteiger partial charge is 0.269 e. The summed E-state index contributed by atoms with van der Waals surface area (Å²) in [6.45, 7) is 3.38. The molecule has 196 valence electrons. The number of nitro groups is 1. The van der Waals surface area contributed by atoms with Gasteiger partial charge in [-0.3, -0.25) is 19.8 Å². The second-order valence-electron chi connectivity index (χ2n) is 9.41. The maximum absolute atomic E-state index is 12.8. The number of hydrogen-bond donors (Lipinski definition) is 0. The molecule has 0 atom stereocenters. The van der Waals surface area contributed by atoms with Crippen molar-refractivity contribution in [2.24, 2.45) is 0 Å². The number of halogens is 1. The van der Waals surface area contributed by atoms with Crippen LogP contribution in [0.5, 0.6) is 0 Å². The number of carbonyl (C=O) groups is 1. The zero-order valence-electron chi connectivity index (χ0n) is 20.9. The Morgan fingerprint density at radius 1 is 0.949 bits per heavy atom. The van der Waals surface area contributed by atoms with Crippen molar-refractivity contribution < 1.29 is 9.72 Å². The zero-order valence-corrected chi connectivity index (χ0v) is 22.4. The SMILES string of the molecule is O=C(c1cccs1)N1CCN(Cc2c(-c3ccc([N+](=O)[O-])cc3)nc3ccc(-c4cccc(Cl)c4)cn23)CC1. The van der Waals surface area contributed by atoms with Gasteiger partial charge in [-0.15, -0.1) is 11.3 Å². The van der Waals surface area contributed by atoms with E-state index in [-0.39, 0.29) is 11.6 Å². The van der Waals surface area contributed by atoms with Crippen LogP contribution in [0.25, 0.3) is 28.0 Å². The molecule has 0 bridgehead atoms. The summed E-state index contributed by atoms with van der Waals surface area (Å²) in [5.41, 5.74) is 5.42. The lowest BCUT2D eigenvalue weighted by molar-refractivity contribution is -0.384. The van der Waals surface area contributed by atoms with Crippen molar-refractivity contribution in [1.82, 2.24) is 19.2 Å². The Kier molecular flexibility index (Phi) is 6.86. The maximum atomic E-state index is 12.8. The summed E-state index contributed by atoms with van der Waals surface area (Å²) in [4.78, 5) is 33.5. The molecule has 2 aromatic carbocycles. The number of piperazine rings is 1. The molecule has 3 aromatic heterocycles. The van der Waals surface area contributed by atoms with Gasteiger partial charge >= 0.3 is 0 Å². The van der Waals surface area contributed by atoms with Gasteiger partial charge in [-0.1, -0.05) is 29.8 Å². The monoisotopic (exact) mass is 557 g/mol. The van der Waals surface area contributed by atoms with Gasteiger partial charge in [0.05, 0.1) is 21.2 Å². The molecule has 1 aliphatic heterocycles. The quantitative estimate of drug-likeness (QED) is 0.182. The number of non-ortho nitro benzene ring substituents is 1. The van der Waals surface area contributed by atoms with Crippen molar-refractivity contribution >= 4 is 40.2 Å². The Labute approximate surface area is 233 Å². The minimum Gasteiger partial charge on any atom is -0.335 e. The lowest BCUT2D eigenvalue weighted by Crippen LogP contribution is -2.48. The van der Waals surface area contributed by atoms with Gasteiger partial charge in [0.2, 0.25) is 0 Å². The molecule has 0 aliphatic carbocycles. The number of nitro benzene ring substituents is 1. The third kappa shape index (κ3) is 5.16. The fourth-order valence-electron chi connectivity index (χ4n) is 4.93. The van der Waals surface area contributed by atoms with Gasteiger partial charge in [-0.2, -0.15) is 0 Å². The molecule has 6 rings (SSSR count). The fraction of sp³-hybridized carbons (Fsp3) is 0.172. The third-order valence-electron chi connectivity index (χ3n) is 6.99. The van der Waals surface area contributed by atoms with Gasteiger partial charge < -0.3 is 9.30 Å². The molecule has 0 saturated carbocycles. The number of carbonyl (C=O) groups excluding carboxylic acids is 1. The third-order valence-corrected chi connectivity index (χ3v) is 8.08. The van der Waals surface area contributed by atoms with Crippen molar-refractivity contribution in [2.45, 2.75) is 6.54 Å². The van der Waals surface area contributed by atoms with Crippen molar-refractivity contribution in [3.05, 3.63) is 110 Å². The fourth-order valence-corrected chi connectivity index (χ4v) is 5.81. The Morgan fingerprint density at radius 2 is 1.72 bits per heavy atom. The normalized spacial score (nSPS) is 14.1. The van der Waals surface area contributed by atoms with Crippen LogP contribution < -0.4 is 0 Å². The zero-order chi connectivity index (χ0) is 26.9. The Hall–Kier alpha value is -4.05. The summed E-state index contributed by atoms with van der Waals surface area (Å²) < 4.78 is 2.09. The van der Waals surface area contributed by atoms with E-state index in [0.717, 1.165) is 51.7 Å². The number of hydrogen-bond acceptors (Lipinski definition) is 6. The van der Waals surface area contributed by atoms with E-state index in [4.69, 9.17) is 16.6 Å². The highest BCUT2D eigenvalue weighted by Gasteiger charge is 2.25. The predicted octanol–water partition coefficient (Wildman–Crippen LogP) is 6.25. The van der Waals surface area contributed by atoms with Gasteiger partial charge in [-0.05, 0) is 59.0 Å². The highest BCUT2D eigenvalue weighted by atomic mass is 35.5. The van der Waals surface area contributed by atoms with Gasteiger partial charge in [0.25, 0.3) is 11.6 Å². The molecule has 1 fully saturated rings. The second-order valence-corrected chi connectivity index (χ2v) is 10.8. The number of rotatable bonds is 6. The minimum atomic E-state index is -0.400. The number of fused-ring (bicyclic) bond motifs is 1. The Bertz CT molecular complexity index is 1660. The number of imidazole rings is 1. The molecule has 8 nitrogen and oxygen atoms in total. The number of aromatic nitrogens is 2. The van der Waals surface area contributed by atoms with Crippen molar-refractivity contribution in [3.8, 4) is 22.4 Å². The summed E-state index contributed by atoms with van der Waals surface area (Å²) in [6.07, 6.45) is 2.06. The molecule has 5 aromatic rings. The lowest BCUT2D eigenvalue weighted by atomic mass is 10.1. The van der Waals surface area contributed by atoms with E-state index in [9.17, 15) is 14.9 Å². The van der Waals surface area contributed by atoms with Crippen LogP contribution in [0.15, 0.2) is 84.4 Å². The van der Waals surface area contributed by atoms with Crippen LogP contribution in [0.4, 0.5) is 5.69 Å². The second kappa shape index (κ2) is 10.6. The largest absolute Gasteiger partial charge is 0.335 e. The standard InChI is InChI=1S/C29H24ClN5O3S/c30-23-4-1-3-21(17-23)22-8-11-27-31-28(20-6-9-24(10-7-20)35(37)38)25(34(27)18-22)19-32-12-14-33(15-13-32)29(36)26-5-2-16-39-26/h1-11,16-18H,12-15,19H2. The predicted molar refractivity (Wildman–Crippen MR) is 153 cm³/mol. The number of amides is 1. The molecule has 39 heavy (non-hydrogen) atoms. The summed E-state index contributed by atoms with van der Waals surface area (Å²) in [7, 11) is 0. The van der Waals surface area contributed by atoms with E-state index in [1.807, 2.05) is 58.8 Å². The Morgan fingerprint density at radius 3 is 2.41 bits per heavy atom. The average Bonchev–Trinajstić information content (AvgIpc) is 3.62. The molecule has 1 amide bonds. The highest BCUT2D eigenvalue weighted by molar-refractivity contribution is 7.12. The first-order valence-electron chi connectivity index (χ1n) is 12.5. The highest BCUT2D eigenvalue weighted by Crippen LogP contribution is 2.30. The van der Waals surface area contributed by atoms with E-state index in [1.54, 1.807) is 12.1 Å². The molecule has 0 radical (unpaired) electrons. The first kappa shape index (κ1) is 25.2. The van der Waals surface area contributed by atoms with E-state index in [0.29, 0.717) is 24.7 Å². The van der Waals surface area contributed by atoms with Crippen LogP contribution in [-0.2, 0) is 6.54 Å². The van der Waals surface area contributed by atoms with E-state index < -0.39 is 4.92 Å². The summed E-state index contributed by atoms with van der Waals surface area (Å²) in [5, 5.41) is 13.8. The van der Waals surface area contributed by atoms with Crippen LogP contribution >= 0.6 is 22.9 Å². The molecule has 10 heteroatoms. The molecular formula is C29H24ClN5O3S. The summed E-state index contributed by atoms with van der Waals surface area (Å²) >= 11 is 7.72. The van der Waals surface area contributed by atoms with Crippen molar-refractivity contribution in [1.29, 1.82) is 0 Å². The van der Waals surface area contributed by atoms with Gasteiger partial charge in [-0.25, -0.2) is 4.98 Å². The molecule has 0 spiro atoms. The number of benzene rings is 2. The first-order valence-corrected chi connectivity index (χ1v) is 13.8. The lowest BCUT2D eigenvalue weighted by Gasteiger charge is -2.34. The number of nitrogens with zero attached hydrogens (tertiary/aromatic N) is 5.